The summed E-state index contributed by atoms with van der Waals surface area (Å²) in [5.41, 5.74) is 6.25. The van der Waals surface area contributed by atoms with E-state index in [4.69, 9.17) is 0 Å². The molecule has 0 bridgehead atoms. The first-order chi connectivity index (χ1) is 13.3. The predicted molar refractivity (Wildman–Crippen MR) is 98.8 cm³/mol. The molecule has 0 aliphatic carbocycles. The van der Waals surface area contributed by atoms with Gasteiger partial charge in [0.25, 0.3) is 11.6 Å². The Morgan fingerprint density at radius 3 is 2.50 bits per heavy atom. The van der Waals surface area contributed by atoms with Crippen LogP contribution in [0.1, 0.15) is 21.6 Å². The van der Waals surface area contributed by atoms with Gasteiger partial charge in [-0.15, -0.1) is 0 Å². The minimum Gasteiger partial charge on any atom is -0.273 e. The van der Waals surface area contributed by atoms with Gasteiger partial charge < -0.3 is 0 Å². The van der Waals surface area contributed by atoms with Crippen LogP contribution < -0.4 is 10.9 Å². The number of nitro groups is 1. The van der Waals surface area contributed by atoms with Gasteiger partial charge >= 0.3 is 0 Å². The number of amides is 2. The number of hydrogen-bond donors (Lipinski definition) is 2. The molecule has 28 heavy (non-hydrogen) atoms. The summed E-state index contributed by atoms with van der Waals surface area (Å²) in [7, 11) is 0. The first kappa shape index (κ1) is 18.9. The number of benzene rings is 2. The Kier molecular flexibility index (Phi) is 5.25. The molecule has 1 aromatic heterocycles. The van der Waals surface area contributed by atoms with Crippen LogP contribution in [-0.4, -0.2) is 21.7 Å². The van der Waals surface area contributed by atoms with Crippen molar-refractivity contribution in [3.8, 4) is 0 Å². The second-order valence-corrected chi connectivity index (χ2v) is 6.08. The molecular weight excluding hydrogens is 367 g/mol. The Balaban J connectivity index is 1.68. The lowest BCUT2D eigenvalue weighted by Crippen LogP contribution is -2.42. The molecule has 0 aliphatic heterocycles. The van der Waals surface area contributed by atoms with Crippen molar-refractivity contribution in [3.63, 3.8) is 0 Å². The van der Waals surface area contributed by atoms with Crippen molar-refractivity contribution in [2.45, 2.75) is 13.3 Å². The van der Waals surface area contributed by atoms with E-state index in [0.717, 1.165) is 0 Å². The van der Waals surface area contributed by atoms with Crippen molar-refractivity contribution in [2.75, 3.05) is 0 Å². The number of carbonyl (C=O) groups excluding carboxylic acids is 2. The lowest BCUT2D eigenvalue weighted by molar-refractivity contribution is -0.384. The Hall–Kier alpha value is -3.88. The summed E-state index contributed by atoms with van der Waals surface area (Å²) < 4.78 is 13.5. The minimum atomic E-state index is -0.613. The third kappa shape index (κ3) is 4.26. The zero-order valence-electron chi connectivity index (χ0n) is 14.7. The Labute approximate surface area is 158 Å². The number of fused-ring (bicyclic) bond motifs is 1. The molecule has 0 spiro atoms. The summed E-state index contributed by atoms with van der Waals surface area (Å²) in [4.78, 5) is 38.8. The Morgan fingerprint density at radius 1 is 1.11 bits per heavy atom. The highest BCUT2D eigenvalue weighted by atomic mass is 19.1. The number of hydrogen-bond acceptors (Lipinski definition) is 5. The first-order valence-electron chi connectivity index (χ1n) is 8.23. The SMILES string of the molecule is Cc1cc(C(=O)NNC(=O)Cc2ccc([N+](=O)[O-])cc2)c2cc(F)ccc2n1. The maximum Gasteiger partial charge on any atom is 0.270 e. The van der Waals surface area contributed by atoms with E-state index in [-0.39, 0.29) is 17.7 Å². The molecular formula is C19H15FN4O4. The molecule has 0 atom stereocenters. The van der Waals surface area contributed by atoms with Crippen LogP contribution in [0, 0.1) is 22.9 Å². The van der Waals surface area contributed by atoms with Gasteiger partial charge in [0.2, 0.25) is 5.91 Å². The summed E-state index contributed by atoms with van der Waals surface area (Å²) in [5.74, 6) is -1.63. The fourth-order valence-corrected chi connectivity index (χ4v) is 2.68. The molecule has 0 saturated carbocycles. The largest absolute Gasteiger partial charge is 0.273 e. The van der Waals surface area contributed by atoms with Gasteiger partial charge in [-0.05, 0) is 36.8 Å². The van der Waals surface area contributed by atoms with Gasteiger partial charge in [-0.3, -0.25) is 35.5 Å². The van der Waals surface area contributed by atoms with Gasteiger partial charge in [-0.2, -0.15) is 0 Å². The average Bonchev–Trinajstić information content (AvgIpc) is 2.66. The lowest BCUT2D eigenvalue weighted by atomic mass is 10.1. The summed E-state index contributed by atoms with van der Waals surface area (Å²) in [6.45, 7) is 1.70. The third-order valence-electron chi connectivity index (χ3n) is 3.97. The molecule has 2 aromatic carbocycles. The molecule has 2 N–H and O–H groups in total. The average molecular weight is 382 g/mol. The lowest BCUT2D eigenvalue weighted by Gasteiger charge is -2.10. The molecule has 3 rings (SSSR count). The fraction of sp³-hybridized carbons (Fsp3) is 0.105. The Morgan fingerprint density at radius 2 is 1.82 bits per heavy atom. The van der Waals surface area contributed by atoms with E-state index in [9.17, 15) is 24.1 Å². The van der Waals surface area contributed by atoms with E-state index in [0.29, 0.717) is 22.2 Å². The number of nitrogens with one attached hydrogen (secondary N) is 2. The highest BCUT2D eigenvalue weighted by Crippen LogP contribution is 2.19. The molecule has 142 valence electrons. The second-order valence-electron chi connectivity index (χ2n) is 6.08. The number of aryl methyl sites for hydroxylation is 1. The zero-order valence-corrected chi connectivity index (χ0v) is 14.7. The van der Waals surface area contributed by atoms with Gasteiger partial charge in [0.1, 0.15) is 5.82 Å². The number of hydrazine groups is 1. The van der Waals surface area contributed by atoms with E-state index >= 15 is 0 Å². The van der Waals surface area contributed by atoms with E-state index in [1.807, 2.05) is 0 Å². The van der Waals surface area contributed by atoms with Crippen molar-refractivity contribution in [3.05, 3.63) is 81.3 Å². The molecule has 2 amide bonds. The highest BCUT2D eigenvalue weighted by Gasteiger charge is 2.14. The van der Waals surface area contributed by atoms with Crippen LogP contribution >= 0.6 is 0 Å². The maximum atomic E-state index is 13.5. The highest BCUT2D eigenvalue weighted by molar-refractivity contribution is 6.06. The maximum absolute atomic E-state index is 13.5. The molecule has 0 aliphatic rings. The monoisotopic (exact) mass is 382 g/mol. The van der Waals surface area contributed by atoms with Crippen LogP contribution in [0.15, 0.2) is 48.5 Å². The van der Waals surface area contributed by atoms with Crippen molar-refractivity contribution < 1.29 is 18.9 Å². The molecule has 0 radical (unpaired) electrons. The van der Waals surface area contributed by atoms with Crippen LogP contribution in [0.5, 0.6) is 0 Å². The van der Waals surface area contributed by atoms with Gasteiger partial charge in [0, 0.05) is 23.2 Å². The van der Waals surface area contributed by atoms with E-state index in [1.54, 1.807) is 6.92 Å². The molecule has 0 saturated heterocycles. The smallest absolute Gasteiger partial charge is 0.270 e. The van der Waals surface area contributed by atoms with Gasteiger partial charge in [-0.1, -0.05) is 12.1 Å². The number of carbonyl (C=O) groups is 2. The summed E-state index contributed by atoms with van der Waals surface area (Å²) >= 11 is 0. The first-order valence-corrected chi connectivity index (χ1v) is 8.23. The second kappa shape index (κ2) is 7.78. The minimum absolute atomic E-state index is 0.0790. The van der Waals surface area contributed by atoms with Crippen molar-refractivity contribution in [1.82, 2.24) is 15.8 Å². The quantitative estimate of drug-likeness (QED) is 0.532. The van der Waals surface area contributed by atoms with Crippen molar-refractivity contribution in [1.29, 1.82) is 0 Å². The standard InChI is InChI=1S/C19H15FN4O4/c1-11-8-16(15-10-13(20)4-7-17(15)21-11)19(26)23-22-18(25)9-12-2-5-14(6-3-12)24(27)28/h2-8,10H,9H2,1H3,(H,22,25)(H,23,26). The summed E-state index contributed by atoms with van der Waals surface area (Å²) in [5, 5.41) is 11.0. The molecule has 0 fully saturated rings. The van der Waals surface area contributed by atoms with Crippen molar-refractivity contribution in [2.24, 2.45) is 0 Å². The van der Waals surface area contributed by atoms with E-state index < -0.39 is 22.6 Å². The van der Waals surface area contributed by atoms with Crippen molar-refractivity contribution >= 4 is 28.4 Å². The molecule has 0 unspecified atom stereocenters. The summed E-state index contributed by atoms with van der Waals surface area (Å²) in [6, 6.07) is 10.9. The molecule has 1 heterocycles. The topological polar surface area (TPSA) is 114 Å². The number of non-ortho nitro benzene ring substituents is 1. The molecule has 3 aromatic rings. The van der Waals surface area contributed by atoms with Gasteiger partial charge in [-0.25, -0.2) is 4.39 Å². The van der Waals surface area contributed by atoms with Gasteiger partial charge in [0.15, 0.2) is 0 Å². The number of aromatic nitrogens is 1. The third-order valence-corrected chi connectivity index (χ3v) is 3.97. The predicted octanol–water partition coefficient (Wildman–Crippen LogP) is 2.59. The summed E-state index contributed by atoms with van der Waals surface area (Å²) in [6.07, 6.45) is -0.0803. The number of nitro benzene ring substituents is 1. The number of pyridine rings is 1. The van der Waals surface area contributed by atoms with Crippen LogP contribution in [0.3, 0.4) is 0 Å². The van der Waals surface area contributed by atoms with Gasteiger partial charge in [0.05, 0.1) is 22.4 Å². The van der Waals surface area contributed by atoms with Crippen LogP contribution in [0.4, 0.5) is 10.1 Å². The number of rotatable bonds is 4. The fourth-order valence-electron chi connectivity index (χ4n) is 2.68. The normalized spacial score (nSPS) is 10.5. The molecule has 9 heteroatoms. The number of halogens is 1. The van der Waals surface area contributed by atoms with E-state index in [2.05, 4.69) is 15.8 Å². The van der Waals surface area contributed by atoms with Crippen LogP contribution in [0.2, 0.25) is 0 Å². The molecule has 8 nitrogen and oxygen atoms in total. The Bertz CT molecular complexity index is 1080. The zero-order chi connectivity index (χ0) is 20.3. The van der Waals surface area contributed by atoms with E-state index in [1.165, 1.54) is 48.5 Å². The van der Waals surface area contributed by atoms with Crippen LogP contribution in [0.25, 0.3) is 10.9 Å². The van der Waals surface area contributed by atoms with Crippen LogP contribution in [-0.2, 0) is 11.2 Å². The number of nitrogens with zero attached hydrogens (tertiary/aromatic N) is 2.